The molecule has 0 bridgehead atoms. The molecule has 12 aromatic rings. The van der Waals surface area contributed by atoms with E-state index in [4.69, 9.17) is 0 Å². The van der Waals surface area contributed by atoms with Gasteiger partial charge in [0.05, 0.1) is 43.7 Å². The molecule has 462 valence electrons. The summed E-state index contributed by atoms with van der Waals surface area (Å²) < 4.78 is 0. The van der Waals surface area contributed by atoms with E-state index in [1.165, 1.54) is 142 Å². The monoisotopic (exact) mass is 1260 g/mol. The second kappa shape index (κ2) is 21.3. The second-order valence-corrected chi connectivity index (χ2v) is 53.3. The Hall–Kier alpha value is -7.85. The van der Waals surface area contributed by atoms with Gasteiger partial charge in [0.1, 0.15) is 0 Å². The lowest BCUT2D eigenvalue weighted by molar-refractivity contribution is 0.0596. The Morgan fingerprint density at radius 3 is 0.750 bits per heavy atom. The average Bonchev–Trinajstić information content (AvgIpc) is 1.44. The molecular formula is C86H92N2Si4. The highest BCUT2D eigenvalue weighted by molar-refractivity contribution is 6.90. The first-order chi connectivity index (χ1) is 43.5. The molecule has 0 heterocycles. The lowest BCUT2D eigenvalue weighted by Gasteiger charge is -2.62. The van der Waals surface area contributed by atoms with Crippen molar-refractivity contribution in [3.63, 3.8) is 0 Å². The zero-order chi connectivity index (χ0) is 65.0. The first-order valence-corrected chi connectivity index (χ1v) is 47.7. The van der Waals surface area contributed by atoms with Crippen LogP contribution >= 0.6 is 0 Å². The number of benzene rings is 12. The Morgan fingerprint density at radius 2 is 0.489 bits per heavy atom. The molecule has 2 aliphatic carbocycles. The molecule has 14 rings (SSSR count). The number of fused-ring (bicyclic) bond motifs is 14. The molecule has 0 saturated carbocycles. The molecule has 12 aromatic carbocycles. The number of hydrogen-bond donors (Lipinski definition) is 0. The van der Waals surface area contributed by atoms with Crippen molar-refractivity contribution in [1.82, 2.24) is 0 Å². The summed E-state index contributed by atoms with van der Waals surface area (Å²) in [6.45, 7) is 45.1. The highest BCUT2D eigenvalue weighted by atomic mass is 28.3. The van der Waals surface area contributed by atoms with Crippen LogP contribution in [0.4, 0.5) is 34.1 Å². The molecule has 0 spiro atoms. The minimum absolute atomic E-state index is 0.458. The third kappa shape index (κ3) is 9.30. The number of hydrogen-bond acceptors (Lipinski definition) is 2. The predicted octanol–water partition coefficient (Wildman–Crippen LogP) is 22.7. The molecule has 0 radical (unpaired) electrons. The van der Waals surface area contributed by atoms with Gasteiger partial charge in [0.25, 0.3) is 0 Å². The molecule has 2 atom stereocenters. The van der Waals surface area contributed by atoms with Gasteiger partial charge in [-0.1, -0.05) is 311 Å². The highest BCUT2D eigenvalue weighted by Crippen LogP contribution is 2.77. The van der Waals surface area contributed by atoms with Crippen LogP contribution in [0, 0.1) is 10.8 Å². The Bertz CT molecular complexity index is 4480. The maximum atomic E-state index is 2.73. The van der Waals surface area contributed by atoms with Gasteiger partial charge in [0, 0.05) is 44.4 Å². The fourth-order valence-electron chi connectivity index (χ4n) is 17.1. The predicted molar refractivity (Wildman–Crippen MR) is 416 cm³/mol. The van der Waals surface area contributed by atoms with Crippen LogP contribution < -0.4 is 30.5 Å². The summed E-state index contributed by atoms with van der Waals surface area (Å²) in [6, 6.07) is 91.8. The van der Waals surface area contributed by atoms with Gasteiger partial charge >= 0.3 is 0 Å². The van der Waals surface area contributed by atoms with E-state index in [-0.39, 0.29) is 0 Å². The topological polar surface area (TPSA) is 6.48 Å². The van der Waals surface area contributed by atoms with Gasteiger partial charge in [-0.25, -0.2) is 0 Å². The van der Waals surface area contributed by atoms with E-state index in [0.29, 0.717) is 0 Å². The molecule has 0 N–H and O–H groups in total. The molecule has 0 fully saturated rings. The van der Waals surface area contributed by atoms with Crippen molar-refractivity contribution in [2.45, 2.75) is 131 Å². The Balaban J connectivity index is 1.19. The summed E-state index contributed by atoms with van der Waals surface area (Å²) in [6.07, 6.45) is 0. The lowest BCUT2D eigenvalue weighted by atomic mass is 9.39. The number of anilines is 6. The van der Waals surface area contributed by atoms with E-state index in [1.807, 2.05) is 0 Å². The van der Waals surface area contributed by atoms with Gasteiger partial charge in [-0.05, 0) is 148 Å². The molecule has 6 heteroatoms. The average molecular weight is 1270 g/mol. The van der Waals surface area contributed by atoms with Crippen LogP contribution in [0.15, 0.2) is 231 Å². The quantitative estimate of drug-likeness (QED) is 0.119. The number of nitrogens with zero attached hydrogens (tertiary/aromatic N) is 2. The van der Waals surface area contributed by atoms with Crippen LogP contribution in [0.25, 0.3) is 65.3 Å². The van der Waals surface area contributed by atoms with Gasteiger partial charge < -0.3 is 9.80 Å². The minimum Gasteiger partial charge on any atom is -0.310 e. The maximum absolute atomic E-state index is 2.73. The van der Waals surface area contributed by atoms with Crippen LogP contribution in [-0.2, 0) is 10.8 Å². The fourth-order valence-corrected chi connectivity index (χ4v) is 21.7. The largest absolute Gasteiger partial charge is 0.310 e. The summed E-state index contributed by atoms with van der Waals surface area (Å²) in [4.78, 5) is 5.24. The van der Waals surface area contributed by atoms with Crippen molar-refractivity contribution in [3.8, 4) is 22.3 Å². The molecule has 0 aliphatic heterocycles. The van der Waals surface area contributed by atoms with Crippen molar-refractivity contribution in [3.05, 3.63) is 253 Å². The second-order valence-electron chi connectivity index (χ2n) is 33.0. The third-order valence-corrected chi connectivity index (χ3v) is 29.5. The van der Waals surface area contributed by atoms with Crippen LogP contribution in [0.2, 0.25) is 78.6 Å². The molecule has 2 unspecified atom stereocenters. The highest BCUT2D eigenvalue weighted by Gasteiger charge is 2.71. The minimum atomic E-state index is -1.65. The van der Waals surface area contributed by atoms with Crippen molar-refractivity contribution in [2.24, 2.45) is 10.8 Å². The summed E-state index contributed by atoms with van der Waals surface area (Å²) in [5.41, 5.74) is 15.6. The molecule has 2 aliphatic rings. The van der Waals surface area contributed by atoms with E-state index < -0.39 is 54.0 Å². The molecular weight excluding hydrogens is 1170 g/mol. The van der Waals surface area contributed by atoms with Crippen molar-refractivity contribution >= 4 is 130 Å². The Labute approximate surface area is 553 Å². The standard InChI is InChI=1S/C86H92N2Si4/c1-83(2,3)85(73-53-35-57-27-19-21-29-67(57)79(73)81-71-33-25-23-31-69(71)77(55-75(81)85)87(59-37-45-63(46-38-59)89(7,8)9)60-39-47-64(48-40-60)90(10,11)12)86(84(4,5)6)74-54-36-58-28-20-22-30-68(58)80(74)82-72-34-26-24-32-70(72)78(56-76(82)86)88(61-41-49-65(50-42-61)91(13,14)15)62-43-51-66(52-44-62)92(16,17)18/h19-56H,1-18H3. The smallest absolute Gasteiger partial charge is 0.0775 e. The summed E-state index contributed by atoms with van der Waals surface area (Å²) in [5, 5.41) is 16.0. The molecule has 0 aromatic heterocycles. The Kier molecular flexibility index (Phi) is 14.3. The van der Waals surface area contributed by atoms with Gasteiger partial charge in [0.2, 0.25) is 0 Å². The van der Waals surface area contributed by atoms with Crippen LogP contribution in [-0.4, -0.2) is 32.3 Å². The van der Waals surface area contributed by atoms with Gasteiger partial charge in [-0.2, -0.15) is 0 Å². The van der Waals surface area contributed by atoms with Crippen LogP contribution in [0.3, 0.4) is 0 Å². The van der Waals surface area contributed by atoms with E-state index in [0.717, 1.165) is 0 Å². The van der Waals surface area contributed by atoms with Gasteiger partial charge in [0.15, 0.2) is 0 Å². The zero-order valence-corrected chi connectivity index (χ0v) is 61.8. The van der Waals surface area contributed by atoms with E-state index in [1.54, 1.807) is 0 Å². The van der Waals surface area contributed by atoms with Gasteiger partial charge in [-0.3, -0.25) is 0 Å². The fraction of sp³-hybridized carbons (Fsp3) is 0.256. The third-order valence-electron chi connectivity index (χ3n) is 21.3. The van der Waals surface area contributed by atoms with Crippen molar-refractivity contribution in [1.29, 1.82) is 0 Å². The SMILES string of the molecule is CC(C)(C)C1(C2(C(C)(C)C)c3ccc4ccccc4c3-c3c2cc(N(c2ccc([Si](C)(C)C)cc2)c2ccc([Si](C)(C)C)cc2)c2ccccc32)c2ccc3ccccc3c2-c2c1cc(N(c1ccc([Si](C)(C)C)cc1)c1ccc([Si](C)(C)C)cc1)c1ccccc21. The first kappa shape index (κ1) is 61.6. The molecule has 0 amide bonds. The van der Waals surface area contributed by atoms with Crippen molar-refractivity contribution < 1.29 is 0 Å². The van der Waals surface area contributed by atoms with Crippen molar-refractivity contribution in [2.75, 3.05) is 9.80 Å². The van der Waals surface area contributed by atoms with E-state index >= 15 is 0 Å². The number of rotatable bonds is 11. The van der Waals surface area contributed by atoms with E-state index in [2.05, 4.69) is 360 Å². The zero-order valence-electron chi connectivity index (χ0n) is 57.8. The molecule has 0 saturated heterocycles. The van der Waals surface area contributed by atoms with Crippen LogP contribution in [0.1, 0.15) is 63.8 Å². The molecule has 2 nitrogen and oxygen atoms in total. The summed E-state index contributed by atoms with van der Waals surface area (Å²) in [7, 11) is -6.61. The lowest BCUT2D eigenvalue weighted by Crippen LogP contribution is -2.62. The Morgan fingerprint density at radius 1 is 0.250 bits per heavy atom. The summed E-state index contributed by atoms with van der Waals surface area (Å²) >= 11 is 0. The maximum Gasteiger partial charge on any atom is 0.0775 e. The van der Waals surface area contributed by atoms with E-state index in [9.17, 15) is 0 Å². The van der Waals surface area contributed by atoms with Gasteiger partial charge in [-0.15, -0.1) is 0 Å². The molecule has 92 heavy (non-hydrogen) atoms. The summed E-state index contributed by atoms with van der Waals surface area (Å²) in [5.74, 6) is 0. The van der Waals surface area contributed by atoms with Crippen LogP contribution in [0.5, 0.6) is 0 Å². The normalized spacial score (nSPS) is 16.7. The first-order valence-electron chi connectivity index (χ1n) is 33.7.